The Labute approximate surface area is 167 Å². The van der Waals surface area contributed by atoms with Crippen molar-refractivity contribution in [1.82, 2.24) is 15.0 Å². The van der Waals surface area contributed by atoms with E-state index in [0.29, 0.717) is 27.2 Å². The SMILES string of the molecule is COc1ccc(Cl)cc1-n1nnc(Sc2ccc(C(C)(C)C)cc2)c1C#N. The van der Waals surface area contributed by atoms with Gasteiger partial charge in [-0.2, -0.15) is 9.94 Å². The van der Waals surface area contributed by atoms with Gasteiger partial charge in [-0.1, -0.05) is 61.5 Å². The minimum absolute atomic E-state index is 0.0906. The lowest BCUT2D eigenvalue weighted by molar-refractivity contribution is 0.411. The summed E-state index contributed by atoms with van der Waals surface area (Å²) >= 11 is 7.50. The van der Waals surface area contributed by atoms with Crippen LogP contribution in [-0.2, 0) is 5.41 Å². The van der Waals surface area contributed by atoms with Crippen molar-refractivity contribution in [1.29, 1.82) is 5.26 Å². The molecule has 0 aliphatic rings. The lowest BCUT2D eigenvalue weighted by Crippen LogP contribution is -2.10. The molecule has 2 aromatic carbocycles. The van der Waals surface area contributed by atoms with E-state index in [9.17, 15) is 5.26 Å². The Morgan fingerprint density at radius 2 is 1.85 bits per heavy atom. The van der Waals surface area contributed by atoms with Crippen LogP contribution >= 0.6 is 23.4 Å². The van der Waals surface area contributed by atoms with Crippen LogP contribution < -0.4 is 4.74 Å². The second kappa shape index (κ2) is 7.63. The largest absolute Gasteiger partial charge is 0.494 e. The molecule has 138 valence electrons. The zero-order chi connectivity index (χ0) is 19.6. The van der Waals surface area contributed by atoms with Crippen LogP contribution in [0.4, 0.5) is 0 Å². The van der Waals surface area contributed by atoms with Crippen LogP contribution in [0, 0.1) is 11.3 Å². The van der Waals surface area contributed by atoms with E-state index < -0.39 is 0 Å². The Hall–Kier alpha value is -2.49. The summed E-state index contributed by atoms with van der Waals surface area (Å²) in [6.45, 7) is 6.52. The van der Waals surface area contributed by atoms with Gasteiger partial charge in [-0.3, -0.25) is 0 Å². The summed E-state index contributed by atoms with van der Waals surface area (Å²) in [4.78, 5) is 0.990. The van der Waals surface area contributed by atoms with Gasteiger partial charge in [0, 0.05) is 9.92 Å². The lowest BCUT2D eigenvalue weighted by atomic mass is 9.87. The quantitative estimate of drug-likeness (QED) is 0.600. The van der Waals surface area contributed by atoms with Crippen LogP contribution in [0.25, 0.3) is 5.69 Å². The Kier molecular flexibility index (Phi) is 5.45. The fraction of sp³-hybridized carbons (Fsp3) is 0.250. The van der Waals surface area contributed by atoms with E-state index in [2.05, 4.69) is 49.3 Å². The average Bonchev–Trinajstić information content (AvgIpc) is 3.03. The number of halogens is 1. The van der Waals surface area contributed by atoms with E-state index in [1.54, 1.807) is 25.3 Å². The van der Waals surface area contributed by atoms with Gasteiger partial charge in [-0.15, -0.1) is 5.10 Å². The van der Waals surface area contributed by atoms with Crippen LogP contribution in [0.1, 0.15) is 32.0 Å². The number of nitrogens with zero attached hydrogens (tertiary/aromatic N) is 4. The molecule has 1 heterocycles. The molecule has 0 saturated carbocycles. The number of rotatable bonds is 4. The Balaban J connectivity index is 1.96. The summed E-state index contributed by atoms with van der Waals surface area (Å²) in [5.74, 6) is 0.562. The second-order valence-electron chi connectivity index (χ2n) is 6.96. The highest BCUT2D eigenvalue weighted by atomic mass is 35.5. The lowest BCUT2D eigenvalue weighted by Gasteiger charge is -2.18. The normalized spacial score (nSPS) is 11.3. The molecular formula is C20H19ClN4OS. The average molecular weight is 399 g/mol. The van der Waals surface area contributed by atoms with Crippen molar-refractivity contribution < 1.29 is 4.74 Å². The molecule has 0 spiro atoms. The first-order chi connectivity index (χ1) is 12.8. The van der Waals surface area contributed by atoms with Crippen LogP contribution in [0.2, 0.25) is 5.02 Å². The minimum atomic E-state index is 0.0906. The van der Waals surface area contributed by atoms with Gasteiger partial charge in [-0.25, -0.2) is 0 Å². The molecule has 27 heavy (non-hydrogen) atoms. The topological polar surface area (TPSA) is 63.7 Å². The molecule has 0 saturated heterocycles. The number of nitriles is 1. The molecule has 0 aliphatic carbocycles. The summed E-state index contributed by atoms with van der Waals surface area (Å²) in [5, 5.41) is 19.1. The highest BCUT2D eigenvalue weighted by molar-refractivity contribution is 7.99. The maximum absolute atomic E-state index is 9.67. The van der Waals surface area contributed by atoms with Crippen LogP contribution in [0.5, 0.6) is 5.75 Å². The zero-order valence-corrected chi connectivity index (χ0v) is 17.1. The Morgan fingerprint density at radius 3 is 2.44 bits per heavy atom. The van der Waals surface area contributed by atoms with Gasteiger partial charge < -0.3 is 4.74 Å². The van der Waals surface area contributed by atoms with E-state index >= 15 is 0 Å². The van der Waals surface area contributed by atoms with Crippen molar-refractivity contribution in [3.63, 3.8) is 0 Å². The summed E-state index contributed by atoms with van der Waals surface area (Å²) in [7, 11) is 1.56. The molecule has 3 rings (SSSR count). The van der Waals surface area contributed by atoms with E-state index in [0.717, 1.165) is 4.90 Å². The number of hydrogen-bond donors (Lipinski definition) is 0. The molecular weight excluding hydrogens is 380 g/mol. The van der Waals surface area contributed by atoms with Gasteiger partial charge >= 0.3 is 0 Å². The van der Waals surface area contributed by atoms with Crippen molar-refractivity contribution in [3.05, 3.63) is 58.7 Å². The number of methoxy groups -OCH3 is 1. The van der Waals surface area contributed by atoms with Gasteiger partial charge in [0.2, 0.25) is 0 Å². The van der Waals surface area contributed by atoms with E-state index in [4.69, 9.17) is 16.3 Å². The van der Waals surface area contributed by atoms with Crippen LogP contribution in [0.15, 0.2) is 52.4 Å². The van der Waals surface area contributed by atoms with E-state index in [-0.39, 0.29) is 5.41 Å². The highest BCUT2D eigenvalue weighted by Crippen LogP contribution is 2.33. The van der Waals surface area contributed by atoms with Gasteiger partial charge in [0.05, 0.1) is 7.11 Å². The van der Waals surface area contributed by atoms with Crippen molar-refractivity contribution in [2.24, 2.45) is 0 Å². The number of aromatic nitrogens is 3. The number of hydrogen-bond acceptors (Lipinski definition) is 5. The molecule has 0 aliphatic heterocycles. The first kappa shape index (κ1) is 19.3. The summed E-state index contributed by atoms with van der Waals surface area (Å²) < 4.78 is 6.82. The van der Waals surface area contributed by atoms with Crippen molar-refractivity contribution in [2.75, 3.05) is 7.11 Å². The van der Waals surface area contributed by atoms with Gasteiger partial charge in [0.25, 0.3) is 0 Å². The third kappa shape index (κ3) is 4.10. The molecule has 0 atom stereocenters. The molecule has 0 bridgehead atoms. The summed E-state index contributed by atoms with van der Waals surface area (Å²) in [6.07, 6.45) is 0. The number of ether oxygens (including phenoxy) is 1. The highest BCUT2D eigenvalue weighted by Gasteiger charge is 2.19. The molecule has 3 aromatic rings. The van der Waals surface area contributed by atoms with Crippen molar-refractivity contribution in [3.8, 4) is 17.5 Å². The Bertz CT molecular complexity index is 1000. The first-order valence-corrected chi connectivity index (χ1v) is 9.51. The molecule has 0 N–H and O–H groups in total. The standard InChI is InChI=1S/C20H19ClN4OS/c1-20(2,3)13-5-8-15(9-6-13)27-19-17(12-22)25(24-23-19)16-11-14(21)7-10-18(16)26-4/h5-11H,1-4H3. The predicted octanol–water partition coefficient (Wildman–Crippen LogP) is 5.25. The van der Waals surface area contributed by atoms with Crippen LogP contribution in [0.3, 0.4) is 0 Å². The summed E-state index contributed by atoms with van der Waals surface area (Å²) in [5.41, 5.74) is 2.25. The monoisotopic (exact) mass is 398 g/mol. The minimum Gasteiger partial charge on any atom is -0.494 e. The first-order valence-electron chi connectivity index (χ1n) is 8.31. The molecule has 0 fully saturated rings. The van der Waals surface area contributed by atoms with E-state index in [1.807, 2.05) is 12.1 Å². The van der Waals surface area contributed by atoms with Gasteiger partial charge in [-0.05, 0) is 41.3 Å². The molecule has 0 unspecified atom stereocenters. The van der Waals surface area contributed by atoms with Crippen molar-refractivity contribution in [2.45, 2.75) is 36.1 Å². The van der Waals surface area contributed by atoms with Gasteiger partial charge in [0.15, 0.2) is 10.7 Å². The van der Waals surface area contributed by atoms with Gasteiger partial charge in [0.1, 0.15) is 17.5 Å². The third-order valence-electron chi connectivity index (χ3n) is 4.05. The molecule has 0 amide bonds. The molecule has 1 aromatic heterocycles. The maximum atomic E-state index is 9.67. The summed E-state index contributed by atoms with van der Waals surface area (Å²) in [6, 6.07) is 15.6. The molecule has 5 nitrogen and oxygen atoms in total. The fourth-order valence-electron chi connectivity index (χ4n) is 2.56. The Morgan fingerprint density at radius 1 is 1.15 bits per heavy atom. The van der Waals surface area contributed by atoms with Crippen LogP contribution in [-0.4, -0.2) is 22.1 Å². The third-order valence-corrected chi connectivity index (χ3v) is 5.26. The zero-order valence-electron chi connectivity index (χ0n) is 15.5. The smallest absolute Gasteiger partial charge is 0.179 e. The molecule has 7 heteroatoms. The fourth-order valence-corrected chi connectivity index (χ4v) is 3.53. The molecule has 0 radical (unpaired) electrons. The van der Waals surface area contributed by atoms with E-state index in [1.165, 1.54) is 22.0 Å². The number of benzene rings is 2. The second-order valence-corrected chi connectivity index (χ2v) is 8.46. The maximum Gasteiger partial charge on any atom is 0.179 e. The van der Waals surface area contributed by atoms with Crippen molar-refractivity contribution >= 4 is 23.4 Å². The predicted molar refractivity (Wildman–Crippen MR) is 107 cm³/mol.